The van der Waals surface area contributed by atoms with Crippen LogP contribution in [0.3, 0.4) is 0 Å². The third-order valence-corrected chi connectivity index (χ3v) is 2.69. The van der Waals surface area contributed by atoms with Crippen molar-refractivity contribution in [3.63, 3.8) is 0 Å². The minimum absolute atomic E-state index is 0.0564. The van der Waals surface area contributed by atoms with Crippen LogP contribution >= 0.6 is 15.9 Å². The molecule has 16 heavy (non-hydrogen) atoms. The smallest absolute Gasteiger partial charge is 0.293 e. The molecular weight excluding hydrogens is 270 g/mol. The number of aryl methyl sites for hydroxylation is 1. The SMILES string of the molecule is CCn1ccnc(NC(C)CC(C)Br)c1=O. The molecule has 1 aromatic rings. The van der Waals surface area contributed by atoms with E-state index in [1.54, 1.807) is 17.0 Å². The molecule has 1 N–H and O–H groups in total. The standard InChI is InChI=1S/C11H18BrN3O/c1-4-15-6-5-13-10(11(15)16)14-9(3)7-8(2)12/h5-6,8-9H,4,7H2,1-3H3,(H,13,14). The van der Waals surface area contributed by atoms with Gasteiger partial charge in [0.25, 0.3) is 5.56 Å². The van der Waals surface area contributed by atoms with E-state index in [4.69, 9.17) is 0 Å². The average Bonchev–Trinajstić information content (AvgIpc) is 2.20. The minimum atomic E-state index is -0.0564. The van der Waals surface area contributed by atoms with Gasteiger partial charge in [-0.05, 0) is 20.3 Å². The first-order valence-corrected chi connectivity index (χ1v) is 6.42. The van der Waals surface area contributed by atoms with Crippen molar-refractivity contribution < 1.29 is 0 Å². The van der Waals surface area contributed by atoms with Gasteiger partial charge in [-0.1, -0.05) is 22.9 Å². The van der Waals surface area contributed by atoms with Crippen LogP contribution in [0.25, 0.3) is 0 Å². The molecule has 0 fully saturated rings. The van der Waals surface area contributed by atoms with Gasteiger partial charge in [-0.2, -0.15) is 0 Å². The molecule has 0 aliphatic heterocycles. The van der Waals surface area contributed by atoms with E-state index in [1.807, 2.05) is 13.8 Å². The normalized spacial score (nSPS) is 14.5. The van der Waals surface area contributed by atoms with E-state index in [0.29, 0.717) is 17.2 Å². The van der Waals surface area contributed by atoms with E-state index in [-0.39, 0.29) is 11.6 Å². The Kier molecular flexibility index (Phi) is 4.99. The van der Waals surface area contributed by atoms with Gasteiger partial charge in [0.15, 0.2) is 5.82 Å². The fourth-order valence-electron chi connectivity index (χ4n) is 1.57. The molecule has 0 saturated carbocycles. The molecule has 0 amide bonds. The Labute approximate surface area is 104 Å². The van der Waals surface area contributed by atoms with Gasteiger partial charge in [-0.15, -0.1) is 0 Å². The van der Waals surface area contributed by atoms with Crippen LogP contribution in [0.4, 0.5) is 5.82 Å². The summed E-state index contributed by atoms with van der Waals surface area (Å²) in [6.07, 6.45) is 4.30. The lowest BCUT2D eigenvalue weighted by Crippen LogP contribution is -2.28. The number of halogens is 1. The zero-order valence-electron chi connectivity index (χ0n) is 9.90. The van der Waals surface area contributed by atoms with Crippen molar-refractivity contribution in [2.75, 3.05) is 5.32 Å². The number of aromatic nitrogens is 2. The van der Waals surface area contributed by atoms with Gasteiger partial charge in [-0.3, -0.25) is 4.79 Å². The molecule has 1 heterocycles. The summed E-state index contributed by atoms with van der Waals surface area (Å²) in [6.45, 7) is 6.73. The summed E-state index contributed by atoms with van der Waals surface area (Å²) >= 11 is 3.49. The van der Waals surface area contributed by atoms with Gasteiger partial charge in [0.2, 0.25) is 0 Å². The highest BCUT2D eigenvalue weighted by Crippen LogP contribution is 2.09. The van der Waals surface area contributed by atoms with E-state index in [0.717, 1.165) is 6.42 Å². The largest absolute Gasteiger partial charge is 0.363 e. The molecule has 0 aliphatic rings. The summed E-state index contributed by atoms with van der Waals surface area (Å²) in [4.78, 5) is 16.3. The van der Waals surface area contributed by atoms with Crippen molar-refractivity contribution in [3.05, 3.63) is 22.7 Å². The molecule has 0 radical (unpaired) electrons. The second kappa shape index (κ2) is 6.03. The van der Waals surface area contributed by atoms with Crippen LogP contribution in [0.2, 0.25) is 0 Å². The number of rotatable bonds is 5. The maximum Gasteiger partial charge on any atom is 0.293 e. The molecule has 1 rings (SSSR count). The number of alkyl halides is 1. The molecule has 4 nitrogen and oxygen atoms in total. The molecule has 5 heteroatoms. The number of hydrogen-bond acceptors (Lipinski definition) is 3. The topological polar surface area (TPSA) is 46.9 Å². The predicted molar refractivity (Wildman–Crippen MR) is 70.3 cm³/mol. The summed E-state index contributed by atoms with van der Waals surface area (Å²) in [5, 5.41) is 3.14. The monoisotopic (exact) mass is 287 g/mol. The Morgan fingerprint density at radius 1 is 1.56 bits per heavy atom. The summed E-state index contributed by atoms with van der Waals surface area (Å²) in [6, 6.07) is 0.224. The van der Waals surface area contributed by atoms with Crippen molar-refractivity contribution in [3.8, 4) is 0 Å². The van der Waals surface area contributed by atoms with Crippen molar-refractivity contribution in [1.82, 2.24) is 9.55 Å². The Morgan fingerprint density at radius 3 is 2.81 bits per heavy atom. The Balaban J connectivity index is 2.78. The zero-order valence-corrected chi connectivity index (χ0v) is 11.5. The van der Waals surface area contributed by atoms with Crippen LogP contribution in [-0.2, 0) is 6.54 Å². The van der Waals surface area contributed by atoms with Gasteiger partial charge in [0.1, 0.15) is 0 Å². The Morgan fingerprint density at radius 2 is 2.25 bits per heavy atom. The predicted octanol–water partition coefficient (Wildman–Crippen LogP) is 2.24. The molecule has 0 spiro atoms. The average molecular weight is 288 g/mol. The van der Waals surface area contributed by atoms with E-state index in [9.17, 15) is 4.79 Å². The van der Waals surface area contributed by atoms with E-state index in [2.05, 4.69) is 33.2 Å². The summed E-state index contributed by atoms with van der Waals surface area (Å²) in [5.41, 5.74) is -0.0564. The number of nitrogens with one attached hydrogen (secondary N) is 1. The van der Waals surface area contributed by atoms with Crippen LogP contribution in [0.15, 0.2) is 17.2 Å². The molecular formula is C11H18BrN3O. The van der Waals surface area contributed by atoms with Gasteiger partial charge in [0.05, 0.1) is 0 Å². The van der Waals surface area contributed by atoms with E-state index < -0.39 is 0 Å². The molecule has 90 valence electrons. The minimum Gasteiger partial charge on any atom is -0.363 e. The molecule has 0 saturated heterocycles. The lowest BCUT2D eigenvalue weighted by atomic mass is 10.2. The van der Waals surface area contributed by atoms with Crippen LogP contribution in [0.5, 0.6) is 0 Å². The first kappa shape index (κ1) is 13.2. The van der Waals surface area contributed by atoms with Gasteiger partial charge in [0, 0.05) is 29.8 Å². The molecule has 0 bridgehead atoms. The molecule has 2 atom stereocenters. The van der Waals surface area contributed by atoms with E-state index >= 15 is 0 Å². The van der Waals surface area contributed by atoms with Crippen LogP contribution in [-0.4, -0.2) is 20.4 Å². The summed E-state index contributed by atoms with van der Waals surface area (Å²) < 4.78 is 1.64. The highest BCUT2D eigenvalue weighted by atomic mass is 79.9. The van der Waals surface area contributed by atoms with Crippen molar-refractivity contribution in [1.29, 1.82) is 0 Å². The summed E-state index contributed by atoms with van der Waals surface area (Å²) in [5.74, 6) is 0.435. The fourth-order valence-corrected chi connectivity index (χ4v) is 2.14. The first-order chi connectivity index (χ1) is 7.54. The van der Waals surface area contributed by atoms with Crippen molar-refractivity contribution in [2.45, 2.75) is 44.6 Å². The van der Waals surface area contributed by atoms with Crippen molar-refractivity contribution in [2.24, 2.45) is 0 Å². The molecule has 1 aromatic heterocycles. The second-order valence-electron chi connectivity index (χ2n) is 3.93. The molecule has 0 aliphatic carbocycles. The zero-order chi connectivity index (χ0) is 12.1. The maximum atomic E-state index is 11.8. The Bertz CT molecular complexity index is 389. The molecule has 2 unspecified atom stereocenters. The number of nitrogens with zero attached hydrogens (tertiary/aromatic N) is 2. The summed E-state index contributed by atoms with van der Waals surface area (Å²) in [7, 11) is 0. The third-order valence-electron chi connectivity index (χ3n) is 2.32. The Hall–Kier alpha value is -0.840. The number of hydrogen-bond donors (Lipinski definition) is 1. The van der Waals surface area contributed by atoms with Crippen LogP contribution in [0.1, 0.15) is 27.2 Å². The lowest BCUT2D eigenvalue weighted by Gasteiger charge is -2.15. The van der Waals surface area contributed by atoms with Gasteiger partial charge < -0.3 is 9.88 Å². The van der Waals surface area contributed by atoms with E-state index in [1.165, 1.54) is 0 Å². The van der Waals surface area contributed by atoms with Gasteiger partial charge in [-0.25, -0.2) is 4.98 Å². The highest BCUT2D eigenvalue weighted by Gasteiger charge is 2.09. The lowest BCUT2D eigenvalue weighted by molar-refractivity contribution is 0.685. The van der Waals surface area contributed by atoms with Crippen molar-refractivity contribution >= 4 is 21.7 Å². The first-order valence-electron chi connectivity index (χ1n) is 5.50. The second-order valence-corrected chi connectivity index (χ2v) is 5.49. The number of anilines is 1. The van der Waals surface area contributed by atoms with Crippen LogP contribution in [0, 0.1) is 0 Å². The molecule has 0 aromatic carbocycles. The van der Waals surface area contributed by atoms with Crippen LogP contribution < -0.4 is 10.9 Å². The quantitative estimate of drug-likeness (QED) is 0.845. The third kappa shape index (κ3) is 3.63. The maximum absolute atomic E-state index is 11.8. The van der Waals surface area contributed by atoms with Gasteiger partial charge >= 0.3 is 0 Å². The highest BCUT2D eigenvalue weighted by molar-refractivity contribution is 9.09. The fraction of sp³-hybridized carbons (Fsp3) is 0.636.